The zero-order valence-electron chi connectivity index (χ0n) is 15.5. The van der Waals surface area contributed by atoms with E-state index in [1.165, 1.54) is 11.8 Å². The van der Waals surface area contributed by atoms with E-state index in [9.17, 15) is 9.59 Å². The van der Waals surface area contributed by atoms with Crippen molar-refractivity contribution in [3.05, 3.63) is 88.1 Å². The molecule has 1 N–H and O–H groups in total. The molecule has 3 aromatic rings. The summed E-state index contributed by atoms with van der Waals surface area (Å²) < 4.78 is 5.15. The van der Waals surface area contributed by atoms with Crippen LogP contribution in [0.5, 0.6) is 0 Å². The van der Waals surface area contributed by atoms with E-state index in [4.69, 9.17) is 4.74 Å². The van der Waals surface area contributed by atoms with Gasteiger partial charge in [-0.1, -0.05) is 54.6 Å². The zero-order valence-corrected chi connectivity index (χ0v) is 17.1. The molecular weight excluding hydrogens is 390 g/mol. The van der Waals surface area contributed by atoms with Crippen molar-refractivity contribution >= 4 is 35.0 Å². The predicted octanol–water partition coefficient (Wildman–Crippen LogP) is 4.60. The van der Waals surface area contributed by atoms with Crippen LogP contribution in [0.4, 0.5) is 0 Å². The minimum atomic E-state index is -0.407. The SMILES string of the molecule is Cc1ccccc1SCC(=O)OCC(=O)N[C@H](c1ccccc1)c1cccs1. The van der Waals surface area contributed by atoms with Gasteiger partial charge in [-0.25, -0.2) is 0 Å². The second-order valence-electron chi connectivity index (χ2n) is 6.14. The molecule has 28 heavy (non-hydrogen) atoms. The van der Waals surface area contributed by atoms with E-state index < -0.39 is 5.97 Å². The van der Waals surface area contributed by atoms with Crippen LogP contribution in [0.25, 0.3) is 0 Å². The molecule has 0 bridgehead atoms. The lowest BCUT2D eigenvalue weighted by molar-refractivity contribution is -0.146. The molecule has 3 rings (SSSR count). The summed E-state index contributed by atoms with van der Waals surface area (Å²) in [5, 5.41) is 4.93. The molecule has 0 saturated heterocycles. The van der Waals surface area contributed by atoms with E-state index in [1.54, 1.807) is 11.3 Å². The lowest BCUT2D eigenvalue weighted by Gasteiger charge is -2.18. The van der Waals surface area contributed by atoms with Gasteiger partial charge in [-0.2, -0.15) is 0 Å². The van der Waals surface area contributed by atoms with Crippen LogP contribution in [-0.4, -0.2) is 24.2 Å². The number of aryl methyl sites for hydroxylation is 1. The Balaban J connectivity index is 1.52. The van der Waals surface area contributed by atoms with Gasteiger partial charge in [0.05, 0.1) is 11.8 Å². The fourth-order valence-electron chi connectivity index (χ4n) is 2.67. The van der Waals surface area contributed by atoms with Gasteiger partial charge in [0.15, 0.2) is 6.61 Å². The second kappa shape index (κ2) is 10.1. The number of thiophene rings is 1. The highest BCUT2D eigenvalue weighted by molar-refractivity contribution is 8.00. The smallest absolute Gasteiger partial charge is 0.316 e. The van der Waals surface area contributed by atoms with Crippen LogP contribution < -0.4 is 5.32 Å². The molecule has 0 aliphatic rings. The van der Waals surface area contributed by atoms with E-state index in [0.29, 0.717) is 0 Å². The number of nitrogens with one attached hydrogen (secondary N) is 1. The molecule has 0 saturated carbocycles. The minimum Gasteiger partial charge on any atom is -0.455 e. The number of carbonyl (C=O) groups excluding carboxylic acids is 2. The summed E-state index contributed by atoms with van der Waals surface area (Å²) in [5.41, 5.74) is 2.10. The van der Waals surface area contributed by atoms with Gasteiger partial charge in [-0.05, 0) is 35.6 Å². The summed E-state index contributed by atoms with van der Waals surface area (Å²) in [7, 11) is 0. The van der Waals surface area contributed by atoms with Crippen molar-refractivity contribution in [3.8, 4) is 0 Å². The largest absolute Gasteiger partial charge is 0.455 e. The van der Waals surface area contributed by atoms with Crippen LogP contribution in [0.15, 0.2) is 77.0 Å². The molecule has 0 aliphatic carbocycles. The molecule has 0 spiro atoms. The average Bonchev–Trinajstić information content (AvgIpc) is 3.25. The Labute approximate surface area is 172 Å². The first-order valence-electron chi connectivity index (χ1n) is 8.85. The monoisotopic (exact) mass is 411 g/mol. The highest BCUT2D eigenvalue weighted by Crippen LogP contribution is 2.26. The summed E-state index contributed by atoms with van der Waals surface area (Å²) in [5.74, 6) is -0.558. The average molecular weight is 412 g/mol. The Bertz CT molecular complexity index is 911. The maximum Gasteiger partial charge on any atom is 0.316 e. The van der Waals surface area contributed by atoms with E-state index in [-0.39, 0.29) is 24.3 Å². The maximum atomic E-state index is 12.4. The summed E-state index contributed by atoms with van der Waals surface area (Å²) in [6.45, 7) is 1.71. The van der Waals surface area contributed by atoms with E-state index in [1.807, 2.05) is 79.0 Å². The third-order valence-corrected chi connectivity index (χ3v) is 6.16. The number of rotatable bonds is 8. The quantitative estimate of drug-likeness (QED) is 0.435. The molecule has 0 unspecified atom stereocenters. The van der Waals surface area contributed by atoms with E-state index >= 15 is 0 Å². The van der Waals surface area contributed by atoms with Gasteiger partial charge >= 0.3 is 5.97 Å². The molecule has 0 fully saturated rings. The molecule has 144 valence electrons. The van der Waals surface area contributed by atoms with Gasteiger partial charge < -0.3 is 10.1 Å². The number of thioether (sulfide) groups is 1. The standard InChI is InChI=1S/C22H21NO3S2/c1-16-8-5-6-11-18(16)28-15-21(25)26-14-20(24)23-22(19-12-7-13-27-19)17-9-3-2-4-10-17/h2-13,22H,14-15H2,1H3,(H,23,24)/t22-/m1/s1. The molecule has 6 heteroatoms. The molecule has 4 nitrogen and oxygen atoms in total. The van der Waals surface area contributed by atoms with E-state index in [2.05, 4.69) is 5.32 Å². The molecule has 1 aromatic heterocycles. The number of amides is 1. The van der Waals surface area contributed by atoms with Crippen LogP contribution in [0.1, 0.15) is 22.0 Å². The molecule has 1 heterocycles. The molecule has 0 aliphatic heterocycles. The summed E-state index contributed by atoms with van der Waals surface area (Å²) in [6.07, 6.45) is 0. The van der Waals surface area contributed by atoms with Crippen molar-refractivity contribution in [1.82, 2.24) is 5.32 Å². The summed E-state index contributed by atoms with van der Waals surface area (Å²) in [6, 6.07) is 21.3. The fraction of sp³-hybridized carbons (Fsp3) is 0.182. The fourth-order valence-corrected chi connectivity index (χ4v) is 4.29. The third kappa shape index (κ3) is 5.71. The first-order chi connectivity index (χ1) is 13.6. The molecular formula is C22H21NO3S2. The number of carbonyl (C=O) groups is 2. The number of hydrogen-bond donors (Lipinski definition) is 1. The van der Waals surface area contributed by atoms with Crippen LogP contribution in [0, 0.1) is 6.92 Å². The van der Waals surface area contributed by atoms with Crippen molar-refractivity contribution in [3.63, 3.8) is 0 Å². The topological polar surface area (TPSA) is 55.4 Å². The highest BCUT2D eigenvalue weighted by Gasteiger charge is 2.18. The van der Waals surface area contributed by atoms with Crippen LogP contribution in [0.2, 0.25) is 0 Å². The second-order valence-corrected chi connectivity index (χ2v) is 8.14. The van der Waals surface area contributed by atoms with Gasteiger partial charge in [0.25, 0.3) is 5.91 Å². The van der Waals surface area contributed by atoms with Gasteiger partial charge in [0.1, 0.15) is 0 Å². The Kier molecular flexibility index (Phi) is 7.28. The van der Waals surface area contributed by atoms with Gasteiger partial charge in [0.2, 0.25) is 0 Å². The van der Waals surface area contributed by atoms with Crippen LogP contribution in [-0.2, 0) is 14.3 Å². The number of benzene rings is 2. The lowest BCUT2D eigenvalue weighted by Crippen LogP contribution is -2.32. The maximum absolute atomic E-state index is 12.4. The normalized spacial score (nSPS) is 11.6. The molecule has 2 aromatic carbocycles. The molecule has 1 atom stereocenters. The third-order valence-electron chi connectivity index (χ3n) is 4.07. The van der Waals surface area contributed by atoms with Crippen molar-refractivity contribution in [2.75, 3.05) is 12.4 Å². The lowest BCUT2D eigenvalue weighted by atomic mass is 10.1. The van der Waals surface area contributed by atoms with Gasteiger partial charge in [0, 0.05) is 9.77 Å². The van der Waals surface area contributed by atoms with Crippen molar-refractivity contribution < 1.29 is 14.3 Å². The Morgan fingerprint density at radius 2 is 1.79 bits per heavy atom. The van der Waals surface area contributed by atoms with Crippen molar-refractivity contribution in [1.29, 1.82) is 0 Å². The Morgan fingerprint density at radius 1 is 1.04 bits per heavy atom. The summed E-state index contributed by atoms with van der Waals surface area (Å²) in [4.78, 5) is 26.4. The van der Waals surface area contributed by atoms with Gasteiger partial charge in [-0.15, -0.1) is 23.1 Å². The molecule has 1 amide bonds. The Morgan fingerprint density at radius 3 is 2.50 bits per heavy atom. The number of hydrogen-bond acceptors (Lipinski definition) is 5. The van der Waals surface area contributed by atoms with Gasteiger partial charge in [-0.3, -0.25) is 9.59 Å². The Hall–Kier alpha value is -2.57. The number of esters is 1. The van der Waals surface area contributed by atoms with Crippen molar-refractivity contribution in [2.45, 2.75) is 17.9 Å². The van der Waals surface area contributed by atoms with E-state index in [0.717, 1.165) is 20.9 Å². The number of ether oxygens (including phenoxy) is 1. The van der Waals surface area contributed by atoms with Crippen molar-refractivity contribution in [2.24, 2.45) is 0 Å². The highest BCUT2D eigenvalue weighted by atomic mass is 32.2. The molecule has 0 radical (unpaired) electrons. The first kappa shape index (κ1) is 20.2. The first-order valence-corrected chi connectivity index (χ1v) is 10.7. The summed E-state index contributed by atoms with van der Waals surface area (Å²) >= 11 is 2.98. The van der Waals surface area contributed by atoms with Crippen LogP contribution in [0.3, 0.4) is 0 Å². The minimum absolute atomic E-state index is 0.172. The predicted molar refractivity (Wildman–Crippen MR) is 114 cm³/mol. The zero-order chi connectivity index (χ0) is 19.8. The van der Waals surface area contributed by atoms with Crippen LogP contribution >= 0.6 is 23.1 Å².